The molecule has 2 aromatic carbocycles. The summed E-state index contributed by atoms with van der Waals surface area (Å²) < 4.78 is 17.3. The maximum absolute atomic E-state index is 12.6. The summed E-state index contributed by atoms with van der Waals surface area (Å²) in [5, 5.41) is 3.43. The average Bonchev–Trinajstić information content (AvgIpc) is 2.95. The van der Waals surface area contributed by atoms with Gasteiger partial charge in [0, 0.05) is 42.3 Å². The van der Waals surface area contributed by atoms with E-state index >= 15 is 0 Å². The second-order valence-electron chi connectivity index (χ2n) is 8.72. The summed E-state index contributed by atoms with van der Waals surface area (Å²) in [6, 6.07) is 19.5. The van der Waals surface area contributed by atoms with Gasteiger partial charge in [0.25, 0.3) is 0 Å². The molecule has 2 aromatic heterocycles. The van der Waals surface area contributed by atoms with E-state index < -0.39 is 0 Å². The summed E-state index contributed by atoms with van der Waals surface area (Å²) >= 11 is 1.65. The van der Waals surface area contributed by atoms with Crippen LogP contribution in [0.5, 0.6) is 17.2 Å². The highest BCUT2D eigenvalue weighted by Crippen LogP contribution is 2.51. The fourth-order valence-corrected chi connectivity index (χ4v) is 5.55. The lowest BCUT2D eigenvalue weighted by molar-refractivity contribution is 0.122. The van der Waals surface area contributed by atoms with Crippen molar-refractivity contribution in [2.24, 2.45) is 0 Å². The number of aromatic nitrogens is 2. The van der Waals surface area contributed by atoms with Gasteiger partial charge in [-0.05, 0) is 48.5 Å². The van der Waals surface area contributed by atoms with Gasteiger partial charge in [-0.2, -0.15) is 0 Å². The first-order valence-electron chi connectivity index (χ1n) is 12.1. The zero-order chi connectivity index (χ0) is 25.2. The van der Waals surface area contributed by atoms with Crippen molar-refractivity contribution in [3.63, 3.8) is 0 Å². The van der Waals surface area contributed by atoms with Gasteiger partial charge in [0.1, 0.15) is 17.2 Å². The number of pyridine rings is 2. The number of methoxy groups -OCH3 is 1. The molecule has 0 unspecified atom stereocenters. The second kappa shape index (κ2) is 10.2. The zero-order valence-corrected chi connectivity index (χ0v) is 21.1. The van der Waals surface area contributed by atoms with Gasteiger partial charge in [0.05, 0.1) is 42.4 Å². The molecule has 0 radical (unpaired) electrons. The number of para-hydroxylation sites is 1. The topological polar surface area (TPSA) is 88.7 Å². The largest absolute Gasteiger partial charge is 0.495 e. The molecule has 1 saturated heterocycles. The van der Waals surface area contributed by atoms with Gasteiger partial charge in [-0.3, -0.25) is 9.78 Å². The molecule has 9 heteroatoms. The first kappa shape index (κ1) is 23.4. The maximum atomic E-state index is 12.6. The predicted octanol–water partition coefficient (Wildman–Crippen LogP) is 5.15. The van der Waals surface area contributed by atoms with Crippen LogP contribution in [0.1, 0.15) is 5.69 Å². The molecule has 2 aliphatic rings. The highest BCUT2D eigenvalue weighted by atomic mass is 32.2. The number of H-pyrrole nitrogens is 1. The molecular formula is C28H26N4O4S. The lowest BCUT2D eigenvalue weighted by atomic mass is 10.1. The Morgan fingerprint density at radius 3 is 2.84 bits per heavy atom. The van der Waals surface area contributed by atoms with Gasteiger partial charge in [0.15, 0.2) is 5.75 Å². The predicted molar refractivity (Wildman–Crippen MR) is 144 cm³/mol. The molecule has 4 aromatic rings. The van der Waals surface area contributed by atoms with Crippen molar-refractivity contribution in [2.75, 3.05) is 43.6 Å². The molecule has 37 heavy (non-hydrogen) atoms. The highest BCUT2D eigenvalue weighted by Gasteiger charge is 2.23. The number of aromatic amines is 1. The number of nitrogens with one attached hydrogen (secondary N) is 2. The van der Waals surface area contributed by atoms with E-state index in [-0.39, 0.29) is 5.56 Å². The third-order valence-corrected chi connectivity index (χ3v) is 7.46. The molecule has 0 bridgehead atoms. The molecule has 0 aliphatic carbocycles. The number of hydrogen-bond acceptors (Lipinski definition) is 8. The monoisotopic (exact) mass is 514 g/mol. The Morgan fingerprint density at radius 1 is 1.08 bits per heavy atom. The minimum Gasteiger partial charge on any atom is -0.495 e. The third-order valence-electron chi connectivity index (χ3n) is 6.38. The first-order valence-corrected chi connectivity index (χ1v) is 12.9. The van der Waals surface area contributed by atoms with Crippen molar-refractivity contribution >= 4 is 23.1 Å². The van der Waals surface area contributed by atoms with Gasteiger partial charge in [-0.1, -0.05) is 17.8 Å². The molecule has 1 fully saturated rings. The SMILES string of the molecule is COc1cccnc1CNc1ccc2c(c1)Sc1cccc(-c3cc(N4CCOCC4)cc(=O)[nH]3)c1O2. The highest BCUT2D eigenvalue weighted by molar-refractivity contribution is 7.99. The third kappa shape index (κ3) is 4.87. The lowest BCUT2D eigenvalue weighted by Gasteiger charge is -2.29. The van der Waals surface area contributed by atoms with Gasteiger partial charge in [-0.15, -0.1) is 0 Å². The smallest absolute Gasteiger partial charge is 0.250 e. The van der Waals surface area contributed by atoms with Crippen LogP contribution in [0.2, 0.25) is 0 Å². The quantitative estimate of drug-likeness (QED) is 0.322. The van der Waals surface area contributed by atoms with E-state index in [9.17, 15) is 4.79 Å². The summed E-state index contributed by atoms with van der Waals surface area (Å²) in [6.45, 7) is 3.39. The van der Waals surface area contributed by atoms with Crippen LogP contribution in [0.3, 0.4) is 0 Å². The van der Waals surface area contributed by atoms with Gasteiger partial charge < -0.3 is 29.4 Å². The van der Waals surface area contributed by atoms with Crippen molar-refractivity contribution in [3.8, 4) is 28.5 Å². The van der Waals surface area contributed by atoms with E-state index in [0.717, 1.165) is 68.5 Å². The minimum absolute atomic E-state index is 0.138. The minimum atomic E-state index is -0.138. The Morgan fingerprint density at radius 2 is 1.97 bits per heavy atom. The first-order chi connectivity index (χ1) is 18.2. The number of morpholine rings is 1. The van der Waals surface area contributed by atoms with Gasteiger partial charge in [-0.25, -0.2) is 0 Å². The lowest BCUT2D eigenvalue weighted by Crippen LogP contribution is -2.36. The molecule has 2 aliphatic heterocycles. The van der Waals surface area contributed by atoms with Gasteiger partial charge in [0.2, 0.25) is 5.56 Å². The summed E-state index contributed by atoms with van der Waals surface area (Å²) in [7, 11) is 1.65. The van der Waals surface area contributed by atoms with Gasteiger partial charge >= 0.3 is 0 Å². The molecule has 0 saturated carbocycles. The van der Waals surface area contributed by atoms with Crippen LogP contribution in [0.15, 0.2) is 81.4 Å². The van der Waals surface area contributed by atoms with Crippen LogP contribution in [0.25, 0.3) is 11.3 Å². The van der Waals surface area contributed by atoms with Crippen LogP contribution >= 0.6 is 11.8 Å². The average molecular weight is 515 g/mol. The molecular weight excluding hydrogens is 488 g/mol. The number of anilines is 2. The molecule has 0 amide bonds. The second-order valence-corrected chi connectivity index (χ2v) is 9.80. The Bertz CT molecular complexity index is 1500. The fourth-order valence-electron chi connectivity index (χ4n) is 4.53. The number of hydrogen-bond donors (Lipinski definition) is 2. The fraction of sp³-hybridized carbons (Fsp3) is 0.214. The summed E-state index contributed by atoms with van der Waals surface area (Å²) in [6.07, 6.45) is 1.76. The van der Waals surface area contributed by atoms with E-state index in [4.69, 9.17) is 14.2 Å². The summed E-state index contributed by atoms with van der Waals surface area (Å²) in [5.74, 6) is 2.27. The molecule has 0 atom stereocenters. The zero-order valence-electron chi connectivity index (χ0n) is 20.3. The van der Waals surface area contributed by atoms with Crippen LogP contribution in [-0.4, -0.2) is 43.4 Å². The molecule has 8 nitrogen and oxygen atoms in total. The van der Waals surface area contributed by atoms with Crippen molar-refractivity contribution in [2.45, 2.75) is 16.3 Å². The molecule has 2 N–H and O–H groups in total. The summed E-state index contributed by atoms with van der Waals surface area (Å²) in [5.41, 5.74) is 4.15. The number of benzene rings is 2. The van der Waals surface area contributed by atoms with Crippen LogP contribution in [0, 0.1) is 0 Å². The van der Waals surface area contributed by atoms with Crippen molar-refractivity contribution in [3.05, 3.63) is 82.9 Å². The Labute approximate surface area is 218 Å². The number of ether oxygens (including phenoxy) is 3. The van der Waals surface area contributed by atoms with E-state index in [2.05, 4.69) is 26.3 Å². The van der Waals surface area contributed by atoms with E-state index in [1.807, 2.05) is 48.5 Å². The number of rotatable bonds is 6. The van der Waals surface area contributed by atoms with Crippen LogP contribution < -0.4 is 25.2 Å². The van der Waals surface area contributed by atoms with Crippen LogP contribution in [-0.2, 0) is 11.3 Å². The van der Waals surface area contributed by atoms with Crippen molar-refractivity contribution in [1.29, 1.82) is 0 Å². The molecule has 188 valence electrons. The van der Waals surface area contributed by atoms with E-state index in [1.165, 1.54) is 0 Å². The Hall–Kier alpha value is -3.95. The van der Waals surface area contributed by atoms with Crippen molar-refractivity contribution in [1.82, 2.24) is 9.97 Å². The Balaban J connectivity index is 1.26. The normalized spacial score (nSPS) is 14.4. The number of nitrogens with zero attached hydrogens (tertiary/aromatic N) is 2. The molecule has 6 rings (SSSR count). The van der Waals surface area contributed by atoms with Crippen LogP contribution in [0.4, 0.5) is 11.4 Å². The standard InChI is InChI=1S/C28H26N4O4S/c1-34-23-5-3-9-29-22(23)17-30-18-7-8-24-26(14-18)37-25-6-2-4-20(28(25)36-24)21-15-19(16-27(33)31-21)32-10-12-35-13-11-32/h2-9,14-16,30H,10-13,17H2,1H3,(H,31,33). The maximum Gasteiger partial charge on any atom is 0.250 e. The molecule has 4 heterocycles. The van der Waals surface area contributed by atoms with E-state index in [0.29, 0.717) is 19.8 Å². The molecule has 0 spiro atoms. The van der Waals surface area contributed by atoms with E-state index in [1.54, 1.807) is 31.1 Å². The summed E-state index contributed by atoms with van der Waals surface area (Å²) in [4.78, 5) is 24.1. The Kier molecular flexibility index (Phi) is 6.46. The number of fused-ring (bicyclic) bond motifs is 2. The van der Waals surface area contributed by atoms with Crippen molar-refractivity contribution < 1.29 is 14.2 Å².